The highest BCUT2D eigenvalue weighted by Gasteiger charge is 2.52. The van der Waals surface area contributed by atoms with Gasteiger partial charge in [0.1, 0.15) is 0 Å². The minimum Gasteiger partial charge on any atom is -0.0813 e. The Morgan fingerprint density at radius 2 is 2.07 bits per heavy atom. The van der Waals surface area contributed by atoms with Crippen LogP contribution in [0.2, 0.25) is 0 Å². The zero-order valence-electron chi connectivity index (χ0n) is 8.66. The SMILES string of the molecule is C[C@@]12CC(Cc3ccccc3)=C[C@@H]1C2. The molecule has 2 atom stereocenters. The summed E-state index contributed by atoms with van der Waals surface area (Å²) in [6, 6.07) is 10.8. The standard InChI is InChI=1S/C14H16/c1-14-9-12(8-13(14)10-14)7-11-5-3-2-4-6-11/h2-6,8,13H,7,9-10H2,1H3/t13-,14+/m1/s1. The Morgan fingerprint density at radius 1 is 1.29 bits per heavy atom. The highest BCUT2D eigenvalue weighted by Crippen LogP contribution is 2.62. The van der Waals surface area contributed by atoms with Crippen molar-refractivity contribution in [2.75, 3.05) is 0 Å². The van der Waals surface area contributed by atoms with Crippen molar-refractivity contribution >= 4 is 0 Å². The Morgan fingerprint density at radius 3 is 2.71 bits per heavy atom. The Bertz CT molecular complexity index is 374. The number of allylic oxidation sites excluding steroid dienone is 2. The molecular formula is C14H16. The monoisotopic (exact) mass is 184 g/mol. The number of rotatable bonds is 2. The molecule has 0 radical (unpaired) electrons. The Kier molecular flexibility index (Phi) is 1.61. The van der Waals surface area contributed by atoms with E-state index in [1.54, 1.807) is 5.57 Å². The van der Waals surface area contributed by atoms with Gasteiger partial charge in [0, 0.05) is 0 Å². The first-order chi connectivity index (χ1) is 6.76. The summed E-state index contributed by atoms with van der Waals surface area (Å²) in [6.45, 7) is 2.42. The molecule has 0 aromatic heterocycles. The molecular weight excluding hydrogens is 168 g/mol. The van der Waals surface area contributed by atoms with Crippen molar-refractivity contribution in [3.63, 3.8) is 0 Å². The lowest BCUT2D eigenvalue weighted by Gasteiger charge is -2.07. The summed E-state index contributed by atoms with van der Waals surface area (Å²) in [7, 11) is 0. The maximum absolute atomic E-state index is 2.52. The van der Waals surface area contributed by atoms with Crippen molar-refractivity contribution in [2.45, 2.75) is 26.2 Å². The third-order valence-corrected chi connectivity index (χ3v) is 3.76. The zero-order chi connectivity index (χ0) is 9.60. The zero-order valence-corrected chi connectivity index (χ0v) is 8.66. The van der Waals surface area contributed by atoms with Crippen LogP contribution in [0.25, 0.3) is 0 Å². The van der Waals surface area contributed by atoms with Crippen LogP contribution in [-0.4, -0.2) is 0 Å². The highest BCUT2D eigenvalue weighted by molar-refractivity contribution is 5.31. The molecule has 0 heterocycles. The van der Waals surface area contributed by atoms with Gasteiger partial charge in [0.15, 0.2) is 0 Å². The lowest BCUT2D eigenvalue weighted by molar-refractivity contribution is 0.559. The van der Waals surface area contributed by atoms with Gasteiger partial charge in [-0.2, -0.15) is 0 Å². The summed E-state index contributed by atoms with van der Waals surface area (Å²) < 4.78 is 0. The van der Waals surface area contributed by atoms with Gasteiger partial charge in [-0.05, 0) is 36.2 Å². The molecule has 3 rings (SSSR count). The quantitative estimate of drug-likeness (QED) is 0.616. The molecule has 0 nitrogen and oxygen atoms in total. The average Bonchev–Trinajstić information content (AvgIpc) is 2.67. The van der Waals surface area contributed by atoms with Crippen molar-refractivity contribution in [3.05, 3.63) is 47.5 Å². The molecule has 1 aromatic rings. The first kappa shape index (κ1) is 8.28. The number of benzene rings is 1. The first-order valence-corrected chi connectivity index (χ1v) is 5.50. The largest absolute Gasteiger partial charge is 0.0813 e. The Labute approximate surface area is 85.6 Å². The van der Waals surface area contributed by atoms with Crippen LogP contribution in [0.3, 0.4) is 0 Å². The van der Waals surface area contributed by atoms with Gasteiger partial charge in [0.05, 0.1) is 0 Å². The first-order valence-electron chi connectivity index (χ1n) is 5.50. The van der Waals surface area contributed by atoms with Crippen LogP contribution < -0.4 is 0 Å². The van der Waals surface area contributed by atoms with E-state index in [9.17, 15) is 0 Å². The summed E-state index contributed by atoms with van der Waals surface area (Å²) >= 11 is 0. The molecule has 0 spiro atoms. The van der Waals surface area contributed by atoms with E-state index in [0.717, 1.165) is 5.92 Å². The third-order valence-electron chi connectivity index (χ3n) is 3.76. The molecule has 0 bridgehead atoms. The molecule has 2 aliphatic carbocycles. The van der Waals surface area contributed by atoms with E-state index in [-0.39, 0.29) is 0 Å². The Balaban J connectivity index is 1.73. The van der Waals surface area contributed by atoms with Gasteiger partial charge in [0.2, 0.25) is 0 Å². The molecule has 1 fully saturated rings. The molecule has 0 N–H and O–H groups in total. The maximum atomic E-state index is 2.52. The van der Waals surface area contributed by atoms with E-state index < -0.39 is 0 Å². The molecule has 0 unspecified atom stereocenters. The summed E-state index contributed by atoms with van der Waals surface area (Å²) in [4.78, 5) is 0. The topological polar surface area (TPSA) is 0 Å². The molecule has 0 aliphatic heterocycles. The van der Waals surface area contributed by atoms with Gasteiger partial charge in [0.25, 0.3) is 0 Å². The van der Waals surface area contributed by atoms with E-state index >= 15 is 0 Å². The third kappa shape index (κ3) is 1.30. The fourth-order valence-corrected chi connectivity index (χ4v) is 2.75. The minimum atomic E-state index is 0.671. The van der Waals surface area contributed by atoms with Crippen molar-refractivity contribution in [3.8, 4) is 0 Å². The van der Waals surface area contributed by atoms with E-state index in [1.807, 2.05) is 0 Å². The van der Waals surface area contributed by atoms with E-state index in [1.165, 1.54) is 24.8 Å². The van der Waals surface area contributed by atoms with Crippen LogP contribution in [-0.2, 0) is 6.42 Å². The normalized spacial score (nSPS) is 33.8. The predicted molar refractivity (Wildman–Crippen MR) is 59.1 cm³/mol. The Hall–Kier alpha value is -1.04. The summed E-state index contributed by atoms with van der Waals surface area (Å²) in [5, 5.41) is 0. The smallest absolute Gasteiger partial charge is 0.00668 e. The van der Waals surface area contributed by atoms with Crippen LogP contribution in [0, 0.1) is 11.3 Å². The van der Waals surface area contributed by atoms with Crippen molar-refractivity contribution < 1.29 is 0 Å². The molecule has 0 amide bonds. The summed E-state index contributed by atoms with van der Waals surface area (Å²) in [5.41, 5.74) is 3.79. The molecule has 1 aromatic carbocycles. The predicted octanol–water partition coefficient (Wildman–Crippen LogP) is 3.59. The lowest BCUT2D eigenvalue weighted by atomic mass is 9.98. The second kappa shape index (κ2) is 2.73. The van der Waals surface area contributed by atoms with Crippen LogP contribution in [0.1, 0.15) is 25.3 Å². The molecule has 0 saturated heterocycles. The van der Waals surface area contributed by atoms with E-state index in [4.69, 9.17) is 0 Å². The molecule has 14 heavy (non-hydrogen) atoms. The highest BCUT2D eigenvalue weighted by atomic mass is 14.6. The second-order valence-corrected chi connectivity index (χ2v) is 5.13. The lowest BCUT2D eigenvalue weighted by Crippen LogP contribution is -1.95. The number of hydrogen-bond donors (Lipinski definition) is 0. The summed E-state index contributed by atoms with van der Waals surface area (Å²) in [5.74, 6) is 0.918. The van der Waals surface area contributed by atoms with Gasteiger partial charge >= 0.3 is 0 Å². The average molecular weight is 184 g/mol. The van der Waals surface area contributed by atoms with Crippen molar-refractivity contribution in [1.82, 2.24) is 0 Å². The molecule has 72 valence electrons. The minimum absolute atomic E-state index is 0.671. The van der Waals surface area contributed by atoms with E-state index in [0.29, 0.717) is 5.41 Å². The van der Waals surface area contributed by atoms with Gasteiger partial charge < -0.3 is 0 Å². The fraction of sp³-hybridized carbons (Fsp3) is 0.429. The van der Waals surface area contributed by atoms with Gasteiger partial charge in [-0.1, -0.05) is 48.9 Å². The van der Waals surface area contributed by atoms with Crippen molar-refractivity contribution in [1.29, 1.82) is 0 Å². The van der Waals surface area contributed by atoms with Gasteiger partial charge in [-0.15, -0.1) is 0 Å². The maximum Gasteiger partial charge on any atom is -0.00668 e. The van der Waals surface area contributed by atoms with E-state index in [2.05, 4.69) is 43.3 Å². The van der Waals surface area contributed by atoms with Crippen molar-refractivity contribution in [2.24, 2.45) is 11.3 Å². The summed E-state index contributed by atoms with van der Waals surface area (Å²) in [6.07, 6.45) is 6.47. The van der Waals surface area contributed by atoms with Crippen LogP contribution >= 0.6 is 0 Å². The fourth-order valence-electron chi connectivity index (χ4n) is 2.75. The van der Waals surface area contributed by atoms with Crippen LogP contribution in [0.5, 0.6) is 0 Å². The second-order valence-electron chi connectivity index (χ2n) is 5.13. The molecule has 0 heteroatoms. The number of hydrogen-bond acceptors (Lipinski definition) is 0. The molecule has 1 saturated carbocycles. The molecule has 2 aliphatic rings. The van der Waals surface area contributed by atoms with Gasteiger partial charge in [-0.3, -0.25) is 0 Å². The van der Waals surface area contributed by atoms with Crippen LogP contribution in [0.4, 0.5) is 0 Å². The van der Waals surface area contributed by atoms with Crippen LogP contribution in [0.15, 0.2) is 42.0 Å². The number of fused-ring (bicyclic) bond motifs is 1. The van der Waals surface area contributed by atoms with Gasteiger partial charge in [-0.25, -0.2) is 0 Å².